The van der Waals surface area contributed by atoms with Crippen LogP contribution < -0.4 is 0 Å². The number of piperidine rings is 1. The summed E-state index contributed by atoms with van der Waals surface area (Å²) in [6.45, 7) is 0.936. The van der Waals surface area contributed by atoms with Crippen LogP contribution in [0.5, 0.6) is 0 Å². The first-order chi connectivity index (χ1) is 11.7. The first-order valence-electron chi connectivity index (χ1n) is 8.66. The molecule has 2 unspecified atom stereocenters. The van der Waals surface area contributed by atoms with Gasteiger partial charge in [-0.15, -0.1) is 0 Å². The predicted octanol–water partition coefficient (Wildman–Crippen LogP) is 5.18. The highest BCUT2D eigenvalue weighted by Gasteiger charge is 2.34. The summed E-state index contributed by atoms with van der Waals surface area (Å²) in [7, 11) is 0. The summed E-state index contributed by atoms with van der Waals surface area (Å²) in [4.78, 5) is 2.55. The molecule has 2 aliphatic heterocycles. The van der Waals surface area contributed by atoms with Crippen molar-refractivity contribution in [3.63, 3.8) is 0 Å². The van der Waals surface area contributed by atoms with E-state index < -0.39 is 11.6 Å². The Bertz CT molecular complexity index is 754. The van der Waals surface area contributed by atoms with Crippen LogP contribution in [-0.2, 0) is 6.54 Å². The molecule has 0 N–H and O–H groups in total. The largest absolute Gasteiger partial charge is 0.289 e. The van der Waals surface area contributed by atoms with Gasteiger partial charge < -0.3 is 0 Å². The van der Waals surface area contributed by atoms with E-state index in [1.165, 1.54) is 18.1 Å². The van der Waals surface area contributed by atoms with Crippen molar-refractivity contribution in [3.8, 4) is 0 Å². The zero-order chi connectivity index (χ0) is 16.5. The topological polar surface area (TPSA) is 3.24 Å². The van der Waals surface area contributed by atoms with E-state index in [9.17, 15) is 8.78 Å². The number of fused-ring (bicyclic) bond motifs is 2. The summed E-state index contributed by atoms with van der Waals surface area (Å²) in [5.41, 5.74) is 2.92. The van der Waals surface area contributed by atoms with E-state index in [2.05, 4.69) is 35.2 Å². The van der Waals surface area contributed by atoms with E-state index in [1.54, 1.807) is 6.07 Å². The van der Waals surface area contributed by atoms with Gasteiger partial charge in [-0.05, 0) is 42.5 Å². The molecule has 2 aromatic rings. The third-order valence-corrected chi connectivity index (χ3v) is 5.27. The van der Waals surface area contributed by atoms with Crippen molar-refractivity contribution in [2.75, 3.05) is 0 Å². The summed E-state index contributed by atoms with van der Waals surface area (Å²) in [6.07, 6.45) is 6.51. The van der Waals surface area contributed by atoms with Gasteiger partial charge in [0.05, 0.1) is 0 Å². The van der Waals surface area contributed by atoms with Crippen LogP contribution >= 0.6 is 0 Å². The van der Waals surface area contributed by atoms with Crippen molar-refractivity contribution >= 4 is 5.57 Å². The summed E-state index contributed by atoms with van der Waals surface area (Å²) in [5, 5.41) is 0. The SMILES string of the molecule is Fc1ccc(C2=CC3CCCC(C2)N3Cc2ccccc2)c(F)c1. The van der Waals surface area contributed by atoms with Crippen molar-refractivity contribution in [1.82, 2.24) is 4.90 Å². The smallest absolute Gasteiger partial charge is 0.133 e. The molecule has 0 spiro atoms. The molecule has 2 atom stereocenters. The average Bonchev–Trinajstić information content (AvgIpc) is 2.56. The third kappa shape index (κ3) is 3.01. The number of benzene rings is 2. The maximum Gasteiger partial charge on any atom is 0.133 e. The van der Waals surface area contributed by atoms with Gasteiger partial charge in [0.25, 0.3) is 0 Å². The number of halogens is 2. The van der Waals surface area contributed by atoms with Crippen molar-refractivity contribution in [2.45, 2.75) is 44.3 Å². The molecule has 3 heteroatoms. The Balaban J connectivity index is 1.62. The molecule has 124 valence electrons. The molecule has 1 fully saturated rings. The maximum atomic E-state index is 14.2. The number of hydrogen-bond donors (Lipinski definition) is 0. The van der Waals surface area contributed by atoms with E-state index in [0.29, 0.717) is 17.6 Å². The lowest BCUT2D eigenvalue weighted by Gasteiger charge is -2.45. The second-order valence-electron chi connectivity index (χ2n) is 6.83. The van der Waals surface area contributed by atoms with Gasteiger partial charge in [0.1, 0.15) is 11.6 Å². The molecule has 0 aliphatic carbocycles. The Labute approximate surface area is 141 Å². The highest BCUT2D eigenvalue weighted by molar-refractivity contribution is 5.68. The molecule has 2 bridgehead atoms. The quantitative estimate of drug-likeness (QED) is 0.752. The minimum absolute atomic E-state index is 0.345. The van der Waals surface area contributed by atoms with Crippen LogP contribution in [0.2, 0.25) is 0 Å². The molecule has 2 aromatic carbocycles. The molecule has 1 saturated heterocycles. The fourth-order valence-corrected chi connectivity index (χ4v) is 4.11. The third-order valence-electron chi connectivity index (χ3n) is 5.27. The van der Waals surface area contributed by atoms with Crippen molar-refractivity contribution < 1.29 is 8.78 Å². The molecule has 24 heavy (non-hydrogen) atoms. The van der Waals surface area contributed by atoms with E-state index >= 15 is 0 Å². The minimum atomic E-state index is -0.515. The minimum Gasteiger partial charge on any atom is -0.289 e. The summed E-state index contributed by atoms with van der Waals surface area (Å²) >= 11 is 0. The second kappa shape index (κ2) is 6.48. The Kier molecular flexibility index (Phi) is 4.19. The van der Waals surface area contributed by atoms with E-state index in [0.717, 1.165) is 37.4 Å². The monoisotopic (exact) mass is 325 g/mol. The standard InChI is InChI=1S/C21H21F2N/c22-17-9-10-20(21(23)13-17)16-11-18-7-4-8-19(12-16)24(18)14-15-5-2-1-3-6-15/h1-3,5-6,9-11,13,18-19H,4,7-8,12,14H2. The molecule has 4 rings (SSSR count). The van der Waals surface area contributed by atoms with Crippen LogP contribution in [0.3, 0.4) is 0 Å². The first kappa shape index (κ1) is 15.5. The molecular formula is C21H21F2N. The Morgan fingerprint density at radius 2 is 1.83 bits per heavy atom. The zero-order valence-corrected chi connectivity index (χ0v) is 13.6. The zero-order valence-electron chi connectivity index (χ0n) is 13.6. The highest BCUT2D eigenvalue weighted by Crippen LogP contribution is 2.38. The van der Waals surface area contributed by atoms with Gasteiger partial charge in [-0.2, -0.15) is 0 Å². The van der Waals surface area contributed by atoms with Gasteiger partial charge >= 0.3 is 0 Å². The van der Waals surface area contributed by atoms with Crippen molar-refractivity contribution in [3.05, 3.63) is 77.4 Å². The molecule has 0 amide bonds. The van der Waals surface area contributed by atoms with Crippen LogP contribution in [0, 0.1) is 11.6 Å². The second-order valence-corrected chi connectivity index (χ2v) is 6.83. The lowest BCUT2D eigenvalue weighted by atomic mass is 9.82. The van der Waals surface area contributed by atoms with E-state index in [4.69, 9.17) is 0 Å². The number of hydrogen-bond acceptors (Lipinski definition) is 1. The first-order valence-corrected chi connectivity index (χ1v) is 8.66. The van der Waals surface area contributed by atoms with Crippen LogP contribution in [0.1, 0.15) is 36.8 Å². The van der Waals surface area contributed by atoms with Crippen LogP contribution in [0.4, 0.5) is 8.78 Å². The van der Waals surface area contributed by atoms with Crippen LogP contribution in [0.15, 0.2) is 54.6 Å². The van der Waals surface area contributed by atoms with Crippen molar-refractivity contribution in [2.24, 2.45) is 0 Å². The lowest BCUT2D eigenvalue weighted by Crippen LogP contribution is -2.47. The van der Waals surface area contributed by atoms with Crippen LogP contribution in [-0.4, -0.2) is 17.0 Å². The lowest BCUT2D eigenvalue weighted by molar-refractivity contribution is 0.0950. The molecular weight excluding hydrogens is 304 g/mol. The van der Waals surface area contributed by atoms with Gasteiger partial charge in [-0.3, -0.25) is 4.90 Å². The highest BCUT2D eigenvalue weighted by atomic mass is 19.1. The molecule has 0 radical (unpaired) electrons. The van der Waals surface area contributed by atoms with Gasteiger partial charge in [0.15, 0.2) is 0 Å². The number of rotatable bonds is 3. The van der Waals surface area contributed by atoms with E-state index in [-0.39, 0.29) is 0 Å². The Hall–Kier alpha value is -2.00. The summed E-state index contributed by atoms with van der Waals surface area (Å²) in [5.74, 6) is -0.964. The molecule has 2 heterocycles. The summed E-state index contributed by atoms with van der Waals surface area (Å²) in [6, 6.07) is 15.2. The molecule has 2 aliphatic rings. The van der Waals surface area contributed by atoms with E-state index in [1.807, 2.05) is 6.07 Å². The molecule has 0 aromatic heterocycles. The number of nitrogens with zero attached hydrogens (tertiary/aromatic N) is 1. The maximum absolute atomic E-state index is 14.2. The fraction of sp³-hybridized carbons (Fsp3) is 0.333. The Morgan fingerprint density at radius 1 is 1.00 bits per heavy atom. The normalized spacial score (nSPS) is 23.8. The van der Waals surface area contributed by atoms with Gasteiger partial charge in [-0.1, -0.05) is 42.8 Å². The van der Waals surface area contributed by atoms with Crippen molar-refractivity contribution in [1.29, 1.82) is 0 Å². The molecule has 0 saturated carbocycles. The van der Waals surface area contributed by atoms with Gasteiger partial charge in [0, 0.05) is 30.3 Å². The van der Waals surface area contributed by atoms with Gasteiger partial charge in [-0.25, -0.2) is 8.78 Å². The van der Waals surface area contributed by atoms with Gasteiger partial charge in [0.2, 0.25) is 0 Å². The Morgan fingerprint density at radius 3 is 2.58 bits per heavy atom. The molecule has 1 nitrogen and oxygen atoms in total. The average molecular weight is 325 g/mol. The predicted molar refractivity (Wildman–Crippen MR) is 92.4 cm³/mol. The van der Waals surface area contributed by atoms with Crippen LogP contribution in [0.25, 0.3) is 5.57 Å². The fourth-order valence-electron chi connectivity index (χ4n) is 4.11. The summed E-state index contributed by atoms with van der Waals surface area (Å²) < 4.78 is 27.3.